The third-order valence-corrected chi connectivity index (χ3v) is 5.44. The molecule has 116 valence electrons. The van der Waals surface area contributed by atoms with Crippen LogP contribution >= 0.6 is 27.5 Å². The molecule has 1 heterocycles. The summed E-state index contributed by atoms with van der Waals surface area (Å²) < 4.78 is 28.4. The zero-order valence-electron chi connectivity index (χ0n) is 11.5. The highest BCUT2D eigenvalue weighted by Crippen LogP contribution is 2.33. The lowest BCUT2D eigenvalue weighted by atomic mass is 10.2. The lowest BCUT2D eigenvalue weighted by Gasteiger charge is -2.10. The topological polar surface area (TPSA) is 66.3 Å². The van der Waals surface area contributed by atoms with Gasteiger partial charge in [-0.1, -0.05) is 23.7 Å². The van der Waals surface area contributed by atoms with Crippen molar-refractivity contribution in [3.63, 3.8) is 0 Å². The number of nitrogens with one attached hydrogen (secondary N) is 2. The first-order valence-corrected chi connectivity index (χ1v) is 9.02. The second-order valence-corrected chi connectivity index (χ2v) is 7.70. The quantitative estimate of drug-likeness (QED) is 0.601. The van der Waals surface area contributed by atoms with Crippen LogP contribution in [0.15, 0.2) is 52.0 Å². The van der Waals surface area contributed by atoms with E-state index in [0.717, 1.165) is 9.86 Å². The average Bonchev–Trinajstić information content (AvgIpc) is 2.88. The van der Waals surface area contributed by atoms with Crippen molar-refractivity contribution < 1.29 is 8.42 Å². The molecule has 2 aromatic carbocycles. The number of aromatic amines is 1. The van der Waals surface area contributed by atoms with Crippen LogP contribution in [0.4, 0.5) is 11.4 Å². The minimum absolute atomic E-state index is 0.0183. The van der Waals surface area contributed by atoms with E-state index in [1.807, 2.05) is 0 Å². The van der Waals surface area contributed by atoms with Crippen molar-refractivity contribution in [2.24, 2.45) is 0 Å². The monoisotopic (exact) mass is 409 g/mol. The van der Waals surface area contributed by atoms with Gasteiger partial charge in [0, 0.05) is 21.1 Å². The van der Waals surface area contributed by atoms with Crippen molar-refractivity contribution in [2.45, 2.75) is 4.90 Å². The molecule has 1 aromatic heterocycles. The summed E-state index contributed by atoms with van der Waals surface area (Å²) >= 11 is 9.44. The molecule has 0 aliphatic heterocycles. The first-order valence-electron chi connectivity index (χ1n) is 6.37. The van der Waals surface area contributed by atoms with Gasteiger partial charge in [-0.25, -0.2) is 13.3 Å². The van der Waals surface area contributed by atoms with Gasteiger partial charge in [-0.15, -0.1) is 0 Å². The van der Waals surface area contributed by atoms with E-state index < -0.39 is 10.0 Å². The Morgan fingerprint density at radius 3 is 2.78 bits per heavy atom. The van der Waals surface area contributed by atoms with Crippen molar-refractivity contribution in [1.82, 2.24) is 4.98 Å². The molecule has 5 nitrogen and oxygen atoms in total. The molecule has 0 radical (unpaired) electrons. The highest BCUT2D eigenvalue weighted by molar-refractivity contribution is 9.10. The maximum Gasteiger partial charge on any atom is 0.260 e. The zero-order chi connectivity index (χ0) is 16.6. The van der Waals surface area contributed by atoms with E-state index >= 15 is 0 Å². The molecule has 8 heteroatoms. The van der Waals surface area contributed by atoms with Gasteiger partial charge >= 0.3 is 0 Å². The molecule has 0 aliphatic carbocycles. The minimum Gasteiger partial charge on any atom is -0.358 e. The van der Waals surface area contributed by atoms with Gasteiger partial charge in [0.1, 0.15) is 0 Å². The van der Waals surface area contributed by atoms with Crippen LogP contribution < -0.4 is 4.72 Å². The number of anilines is 1. The summed E-state index contributed by atoms with van der Waals surface area (Å²) in [6.45, 7) is 6.99. The van der Waals surface area contributed by atoms with E-state index in [1.165, 1.54) is 24.3 Å². The van der Waals surface area contributed by atoms with Gasteiger partial charge in [-0.3, -0.25) is 4.72 Å². The molecule has 2 N–H and O–H groups in total. The van der Waals surface area contributed by atoms with Gasteiger partial charge in [0.2, 0.25) is 0 Å². The average molecular weight is 411 g/mol. The molecule has 0 fully saturated rings. The van der Waals surface area contributed by atoms with Crippen molar-refractivity contribution in [3.05, 3.63) is 63.5 Å². The third-order valence-electron chi connectivity index (χ3n) is 3.20. The number of H-pyrrole nitrogens is 1. The van der Waals surface area contributed by atoms with E-state index in [9.17, 15) is 8.42 Å². The SMILES string of the molecule is [C-]#[N+]c1cccc(S(=O)(=O)Nc2cc(Cl)cc3c(Br)c[nH]c23)c1. The molecule has 0 atom stereocenters. The molecule has 0 saturated heterocycles. The molecule has 3 aromatic rings. The van der Waals surface area contributed by atoms with E-state index in [1.54, 1.807) is 18.3 Å². The lowest BCUT2D eigenvalue weighted by molar-refractivity contribution is 0.601. The second-order valence-electron chi connectivity index (χ2n) is 4.73. The van der Waals surface area contributed by atoms with Gasteiger partial charge in [-0.2, -0.15) is 0 Å². The summed E-state index contributed by atoms with van der Waals surface area (Å²) in [5.41, 5.74) is 1.21. The molecule has 0 amide bonds. The largest absolute Gasteiger partial charge is 0.358 e. The summed E-state index contributed by atoms with van der Waals surface area (Å²) in [4.78, 5) is 6.26. The lowest BCUT2D eigenvalue weighted by Crippen LogP contribution is -2.13. The van der Waals surface area contributed by atoms with Crippen LogP contribution in [-0.4, -0.2) is 13.4 Å². The van der Waals surface area contributed by atoms with Crippen LogP contribution in [0.25, 0.3) is 15.7 Å². The highest BCUT2D eigenvalue weighted by Gasteiger charge is 2.17. The smallest absolute Gasteiger partial charge is 0.260 e. The number of rotatable bonds is 3. The molecule has 0 aliphatic rings. The Labute approximate surface area is 146 Å². The number of benzene rings is 2. The van der Waals surface area contributed by atoms with Crippen LogP contribution in [0.2, 0.25) is 5.02 Å². The maximum atomic E-state index is 12.5. The number of sulfonamides is 1. The van der Waals surface area contributed by atoms with Crippen LogP contribution in [-0.2, 0) is 10.0 Å². The Kier molecular flexibility index (Phi) is 4.06. The fraction of sp³-hybridized carbons (Fsp3) is 0. The van der Waals surface area contributed by atoms with Gasteiger partial charge in [0.15, 0.2) is 5.69 Å². The highest BCUT2D eigenvalue weighted by atomic mass is 79.9. The molecule has 0 spiro atoms. The Morgan fingerprint density at radius 1 is 1.26 bits per heavy atom. The van der Waals surface area contributed by atoms with E-state index in [-0.39, 0.29) is 10.6 Å². The van der Waals surface area contributed by atoms with Gasteiger partial charge in [-0.05, 0) is 40.2 Å². The summed E-state index contributed by atoms with van der Waals surface area (Å²) in [7, 11) is -3.83. The van der Waals surface area contributed by atoms with Crippen LogP contribution in [0.5, 0.6) is 0 Å². The fourth-order valence-corrected chi connectivity index (χ4v) is 3.92. The summed E-state index contributed by atoms with van der Waals surface area (Å²) in [5.74, 6) is 0. The predicted octanol–water partition coefficient (Wildman–Crippen LogP) is 4.94. The predicted molar refractivity (Wildman–Crippen MR) is 94.5 cm³/mol. The molecule has 0 saturated carbocycles. The Morgan fingerprint density at radius 2 is 2.04 bits per heavy atom. The van der Waals surface area contributed by atoms with Crippen molar-refractivity contribution >= 4 is 59.8 Å². The summed E-state index contributed by atoms with van der Waals surface area (Å²) in [5, 5.41) is 1.18. The maximum absolute atomic E-state index is 12.5. The van der Waals surface area contributed by atoms with Crippen molar-refractivity contribution in [2.75, 3.05) is 4.72 Å². The van der Waals surface area contributed by atoms with Crippen molar-refractivity contribution in [3.8, 4) is 0 Å². The Balaban J connectivity index is 2.09. The molecule has 23 heavy (non-hydrogen) atoms. The second kappa shape index (κ2) is 5.89. The number of fused-ring (bicyclic) bond motifs is 1. The van der Waals surface area contributed by atoms with E-state index in [4.69, 9.17) is 18.2 Å². The number of hydrogen-bond donors (Lipinski definition) is 2. The Bertz CT molecular complexity index is 1050. The molecule has 0 unspecified atom stereocenters. The van der Waals surface area contributed by atoms with Gasteiger partial charge in [0.25, 0.3) is 10.0 Å². The number of halogens is 2. The summed E-state index contributed by atoms with van der Waals surface area (Å²) in [6.07, 6.45) is 1.71. The van der Waals surface area contributed by atoms with Crippen LogP contribution in [0, 0.1) is 6.57 Å². The van der Waals surface area contributed by atoms with Gasteiger partial charge < -0.3 is 4.98 Å². The number of nitrogens with zero attached hydrogens (tertiary/aromatic N) is 1. The Hall–Kier alpha value is -2.01. The van der Waals surface area contributed by atoms with Crippen LogP contribution in [0.1, 0.15) is 0 Å². The molecule has 3 rings (SSSR count). The normalized spacial score (nSPS) is 11.3. The van der Waals surface area contributed by atoms with E-state index in [0.29, 0.717) is 16.2 Å². The standard InChI is InChI=1S/C15H9BrClN3O2S/c1-18-10-3-2-4-11(7-10)23(21,22)20-14-6-9(17)5-12-13(16)8-19-15(12)14/h2-8,19-20H. The molecule has 0 bridgehead atoms. The van der Waals surface area contributed by atoms with Crippen molar-refractivity contribution in [1.29, 1.82) is 0 Å². The minimum atomic E-state index is -3.83. The summed E-state index contributed by atoms with van der Waals surface area (Å²) in [6, 6.07) is 9.09. The van der Waals surface area contributed by atoms with Gasteiger partial charge in [0.05, 0.1) is 22.7 Å². The first-order chi connectivity index (χ1) is 10.9. The first kappa shape index (κ1) is 15.9. The molecular weight excluding hydrogens is 402 g/mol. The fourth-order valence-electron chi connectivity index (χ4n) is 2.17. The van der Waals surface area contributed by atoms with Crippen LogP contribution in [0.3, 0.4) is 0 Å². The number of aromatic nitrogens is 1. The molecular formula is C15H9BrClN3O2S. The third kappa shape index (κ3) is 3.06. The van der Waals surface area contributed by atoms with E-state index in [2.05, 4.69) is 30.5 Å². The number of hydrogen-bond acceptors (Lipinski definition) is 2. The zero-order valence-corrected chi connectivity index (χ0v) is 14.6.